The lowest BCUT2D eigenvalue weighted by atomic mass is 9.63. The monoisotopic (exact) mass is 650 g/mol. The average molecular weight is 651 g/mol. The van der Waals surface area contributed by atoms with E-state index in [-0.39, 0.29) is 0 Å². The molecule has 51 heavy (non-hydrogen) atoms. The average Bonchev–Trinajstić information content (AvgIpc) is 3.53. The molecule has 3 heteroatoms. The largest absolute Gasteiger partial charge is 0.457 e. The third-order valence-corrected chi connectivity index (χ3v) is 10.5. The number of ether oxygens (including phenoxy) is 1. The van der Waals surface area contributed by atoms with E-state index in [9.17, 15) is 5.26 Å². The number of hydrogen-bond donors (Lipinski definition) is 0. The summed E-state index contributed by atoms with van der Waals surface area (Å²) in [7, 11) is 0. The van der Waals surface area contributed by atoms with Gasteiger partial charge in [-0.25, -0.2) is 0 Å². The molecule has 0 atom stereocenters. The molecule has 0 radical (unpaired) electrons. The van der Waals surface area contributed by atoms with Gasteiger partial charge in [-0.1, -0.05) is 121 Å². The highest BCUT2D eigenvalue weighted by Gasteiger charge is 2.45. The quantitative estimate of drug-likeness (QED) is 0.190. The van der Waals surface area contributed by atoms with Gasteiger partial charge in [-0.3, -0.25) is 0 Å². The van der Waals surface area contributed by atoms with Crippen LogP contribution < -0.4 is 4.74 Å². The summed E-state index contributed by atoms with van der Waals surface area (Å²) in [5, 5.41) is 14.4. The summed E-state index contributed by atoms with van der Waals surface area (Å²) in [5.41, 5.74) is 10.1. The summed E-state index contributed by atoms with van der Waals surface area (Å²) in [5.74, 6) is 1.71. The molecule has 0 fully saturated rings. The van der Waals surface area contributed by atoms with E-state index in [0.29, 0.717) is 5.56 Å². The molecule has 2 heterocycles. The summed E-state index contributed by atoms with van der Waals surface area (Å²) >= 11 is 0. The van der Waals surface area contributed by atoms with Crippen molar-refractivity contribution in [2.24, 2.45) is 0 Å². The van der Waals surface area contributed by atoms with E-state index in [1.807, 2.05) is 18.2 Å². The van der Waals surface area contributed by atoms with Gasteiger partial charge in [-0.2, -0.15) is 5.26 Å². The molecule has 1 aliphatic heterocycles. The maximum Gasteiger partial charge on any atom is 0.132 e. The first-order valence-electron chi connectivity index (χ1n) is 17.2. The minimum absolute atomic E-state index is 0.597. The molecule has 0 unspecified atom stereocenters. The second kappa shape index (κ2) is 11.3. The van der Waals surface area contributed by atoms with E-state index in [0.717, 1.165) is 61.2 Å². The van der Waals surface area contributed by atoms with Gasteiger partial charge >= 0.3 is 0 Å². The van der Waals surface area contributed by atoms with Crippen LogP contribution in [0.25, 0.3) is 49.4 Å². The van der Waals surface area contributed by atoms with Gasteiger partial charge in [0.25, 0.3) is 0 Å². The number of para-hydroxylation sites is 1. The van der Waals surface area contributed by atoms with Crippen molar-refractivity contribution >= 4 is 32.6 Å². The summed E-state index contributed by atoms with van der Waals surface area (Å²) in [6.45, 7) is 0. The first-order chi connectivity index (χ1) is 25.2. The van der Waals surface area contributed by atoms with E-state index in [1.165, 1.54) is 21.9 Å². The molecule has 10 rings (SSSR count). The Morgan fingerprint density at radius 3 is 1.84 bits per heavy atom. The maximum absolute atomic E-state index is 9.89. The van der Waals surface area contributed by atoms with Gasteiger partial charge in [0, 0.05) is 27.6 Å². The summed E-state index contributed by atoms with van der Waals surface area (Å²) < 4.78 is 8.98. The molecule has 0 saturated carbocycles. The molecule has 0 saturated heterocycles. The molecule has 0 amide bonds. The molecule has 0 N–H and O–H groups in total. The molecule has 0 spiro atoms. The van der Waals surface area contributed by atoms with Crippen molar-refractivity contribution < 1.29 is 4.74 Å². The molecule has 1 aliphatic rings. The van der Waals surface area contributed by atoms with Crippen LogP contribution in [-0.2, 0) is 5.41 Å². The Balaban J connectivity index is 1.22. The van der Waals surface area contributed by atoms with E-state index in [1.54, 1.807) is 0 Å². The van der Waals surface area contributed by atoms with Crippen LogP contribution in [0.5, 0.6) is 11.5 Å². The second-order valence-corrected chi connectivity index (χ2v) is 13.2. The highest BCUT2D eigenvalue weighted by Crippen LogP contribution is 2.56. The van der Waals surface area contributed by atoms with Crippen molar-refractivity contribution in [3.8, 4) is 34.4 Å². The lowest BCUT2D eigenvalue weighted by molar-refractivity contribution is 0.434. The predicted molar refractivity (Wildman–Crippen MR) is 207 cm³/mol. The van der Waals surface area contributed by atoms with Crippen molar-refractivity contribution in [1.29, 1.82) is 5.26 Å². The fourth-order valence-electron chi connectivity index (χ4n) is 8.25. The van der Waals surface area contributed by atoms with Crippen LogP contribution in [0.3, 0.4) is 0 Å². The van der Waals surface area contributed by atoms with Crippen LogP contribution in [0.2, 0.25) is 0 Å². The molecule has 8 aromatic carbocycles. The van der Waals surface area contributed by atoms with Gasteiger partial charge in [-0.15, -0.1) is 0 Å². The molecular weight excluding hydrogens is 621 g/mol. The number of aromatic nitrogens is 1. The van der Waals surface area contributed by atoms with Gasteiger partial charge < -0.3 is 9.30 Å². The van der Waals surface area contributed by atoms with E-state index < -0.39 is 5.41 Å². The highest BCUT2D eigenvalue weighted by atomic mass is 16.5. The smallest absolute Gasteiger partial charge is 0.132 e. The number of rotatable bonds is 4. The Labute approximate surface area is 295 Å². The van der Waals surface area contributed by atoms with E-state index in [2.05, 4.69) is 174 Å². The first-order valence-corrected chi connectivity index (χ1v) is 17.2. The molecule has 3 nitrogen and oxygen atoms in total. The third kappa shape index (κ3) is 4.37. The standard InChI is InChI=1S/C48H30N2O/c49-31-32-19-24-44-40(27-32)41-29-35(21-25-45(41)50(44)39-23-20-33-11-7-8-12-34(33)28-39)36-22-26-47-43(30-36)48(37-13-3-1-4-14-37,38-15-5-2-6-16-38)42-17-9-10-18-46(42)51-47/h1-30H. The molecule has 0 aliphatic carbocycles. The Kier molecular flexibility index (Phi) is 6.46. The summed E-state index contributed by atoms with van der Waals surface area (Å²) in [6, 6.07) is 66.7. The van der Waals surface area contributed by atoms with Gasteiger partial charge in [-0.05, 0) is 93.7 Å². The number of nitrogens with zero attached hydrogens (tertiary/aromatic N) is 2. The van der Waals surface area contributed by atoms with Gasteiger partial charge in [0.1, 0.15) is 11.5 Å². The maximum atomic E-state index is 9.89. The fraction of sp³-hybridized carbons (Fsp3) is 0.0208. The van der Waals surface area contributed by atoms with Crippen molar-refractivity contribution in [1.82, 2.24) is 4.57 Å². The molecule has 0 bridgehead atoms. The number of nitriles is 1. The van der Waals surface area contributed by atoms with Crippen LogP contribution in [-0.4, -0.2) is 4.57 Å². The van der Waals surface area contributed by atoms with Gasteiger partial charge in [0.05, 0.1) is 28.1 Å². The van der Waals surface area contributed by atoms with Gasteiger partial charge in [0.2, 0.25) is 0 Å². The SMILES string of the molecule is N#Cc1ccc2c(c1)c1cc(-c3ccc4c(c3)C(c3ccccc3)(c3ccccc3)c3ccccc3O4)ccc1n2-c1ccc2ccccc2c1. The molecule has 238 valence electrons. The summed E-state index contributed by atoms with van der Waals surface area (Å²) in [6.07, 6.45) is 0. The Hall–Kier alpha value is -6.89. The first kappa shape index (κ1) is 29.1. The highest BCUT2D eigenvalue weighted by molar-refractivity contribution is 6.11. The minimum Gasteiger partial charge on any atom is -0.457 e. The Morgan fingerprint density at radius 2 is 1.08 bits per heavy atom. The summed E-state index contributed by atoms with van der Waals surface area (Å²) in [4.78, 5) is 0. The topological polar surface area (TPSA) is 37.9 Å². The van der Waals surface area contributed by atoms with Crippen molar-refractivity contribution in [3.05, 3.63) is 210 Å². The normalized spacial score (nSPS) is 13.0. The second-order valence-electron chi connectivity index (χ2n) is 13.2. The lowest BCUT2D eigenvalue weighted by Crippen LogP contribution is -2.34. The van der Waals surface area contributed by atoms with Crippen molar-refractivity contribution in [2.45, 2.75) is 5.41 Å². The lowest BCUT2D eigenvalue weighted by Gasteiger charge is -2.41. The molecular formula is C48H30N2O. The zero-order valence-electron chi connectivity index (χ0n) is 27.6. The molecule has 9 aromatic rings. The van der Waals surface area contributed by atoms with Crippen LogP contribution in [0.15, 0.2) is 182 Å². The van der Waals surface area contributed by atoms with E-state index >= 15 is 0 Å². The number of benzene rings is 8. The zero-order valence-corrected chi connectivity index (χ0v) is 27.6. The van der Waals surface area contributed by atoms with Crippen LogP contribution in [0.1, 0.15) is 27.8 Å². The van der Waals surface area contributed by atoms with Crippen molar-refractivity contribution in [2.75, 3.05) is 0 Å². The third-order valence-electron chi connectivity index (χ3n) is 10.5. The van der Waals surface area contributed by atoms with E-state index in [4.69, 9.17) is 4.74 Å². The fourth-order valence-corrected chi connectivity index (χ4v) is 8.25. The minimum atomic E-state index is -0.597. The predicted octanol–water partition coefficient (Wildman–Crippen LogP) is 12.0. The Bertz CT molecular complexity index is 2800. The Morgan fingerprint density at radius 1 is 0.471 bits per heavy atom. The zero-order chi connectivity index (χ0) is 33.9. The van der Waals surface area contributed by atoms with Crippen LogP contribution in [0, 0.1) is 11.3 Å². The van der Waals surface area contributed by atoms with Gasteiger partial charge in [0.15, 0.2) is 0 Å². The van der Waals surface area contributed by atoms with Crippen molar-refractivity contribution in [3.63, 3.8) is 0 Å². The number of hydrogen-bond acceptors (Lipinski definition) is 2. The molecule has 1 aromatic heterocycles. The van der Waals surface area contributed by atoms with Crippen LogP contribution >= 0.6 is 0 Å². The van der Waals surface area contributed by atoms with Crippen LogP contribution in [0.4, 0.5) is 0 Å². The number of fused-ring (bicyclic) bond motifs is 6.